The third-order valence-corrected chi connectivity index (χ3v) is 22.5. The van der Waals surface area contributed by atoms with E-state index in [-0.39, 0.29) is 66.0 Å². The Hall–Kier alpha value is -13.2. The Balaban J connectivity index is 0.000000151. The van der Waals surface area contributed by atoms with Gasteiger partial charge in [-0.3, -0.25) is 33.9 Å². The standard InChI is InChI=1S/2C31H29FN4O5.C18H14FNO4.C14H19N3O2.2ClH/c2*1-40-31(39)21-4-8-24-25(17-21)34-30(38)28(24)29(19-2-5-22(32)6-3-19)33-23-7-9-26-20(16-23)10-11-36(26)27(37)18-35-12-14-41-15-13-35;1-23-16(10-3-6-12(19)7-4-10)15-13-8-5-11(18(22)24-2)9-14(13)20-17(15)21;15-12-1-2-13-11(9-12)3-4-17(13)14(18)10-16-5-7-19-8-6-16;;/h2*2-9,16-17,34,38H,10-15,18H2,1H3;3-9H,1-2H3,(H,20,21);1-2,9H,3-8,10,15H2;2*1H/b;;16-15-;;;. The van der Waals surface area contributed by atoms with Crippen LogP contribution < -0.4 is 25.8 Å². The highest BCUT2D eigenvalue weighted by molar-refractivity contribution is 6.36. The summed E-state index contributed by atoms with van der Waals surface area (Å²) < 4.78 is 76.5. The number of aromatic amines is 2. The summed E-state index contributed by atoms with van der Waals surface area (Å²) in [4.78, 5) is 114. The Bertz CT molecular complexity index is 5800. The van der Waals surface area contributed by atoms with Crippen LogP contribution in [0.3, 0.4) is 0 Å². The Kier molecular flexibility index (Phi) is 29.7. The molecule has 127 heavy (non-hydrogen) atoms. The van der Waals surface area contributed by atoms with Gasteiger partial charge >= 0.3 is 17.9 Å². The molecular formula is C94H93Cl2F3N12O16. The number of anilines is 5. The number of fused-ring (bicyclic) bond motifs is 6. The molecule has 9 aromatic carbocycles. The molecule has 7 aliphatic rings. The first-order chi connectivity index (χ1) is 60.6. The van der Waals surface area contributed by atoms with Crippen LogP contribution in [0.15, 0.2) is 192 Å². The van der Waals surface area contributed by atoms with E-state index in [1.165, 1.54) is 82.5 Å². The first kappa shape index (κ1) is 91.5. The highest BCUT2D eigenvalue weighted by Gasteiger charge is 2.34. The van der Waals surface area contributed by atoms with Crippen LogP contribution in [-0.4, -0.2) is 234 Å². The number of ether oxygens (including phenoxy) is 7. The molecule has 33 heteroatoms. The van der Waals surface area contributed by atoms with Crippen LogP contribution in [0.2, 0.25) is 0 Å². The summed E-state index contributed by atoms with van der Waals surface area (Å²) in [5, 5.41) is 26.0. The number of nitrogens with one attached hydrogen (secondary N) is 3. The van der Waals surface area contributed by atoms with Crippen molar-refractivity contribution in [2.45, 2.75) is 19.3 Å². The summed E-state index contributed by atoms with van der Waals surface area (Å²) in [5.41, 5.74) is 20.7. The number of benzene rings is 9. The van der Waals surface area contributed by atoms with E-state index in [4.69, 9.17) is 44.1 Å². The van der Waals surface area contributed by atoms with Gasteiger partial charge in [0.25, 0.3) is 5.91 Å². The number of esters is 3. The van der Waals surface area contributed by atoms with E-state index in [2.05, 4.69) is 34.7 Å². The molecule has 0 atom stereocenters. The van der Waals surface area contributed by atoms with Gasteiger partial charge in [0.05, 0.1) is 150 Å². The van der Waals surface area contributed by atoms with Crippen LogP contribution in [0.5, 0.6) is 11.8 Å². The van der Waals surface area contributed by atoms with Crippen molar-refractivity contribution in [1.29, 1.82) is 0 Å². The summed E-state index contributed by atoms with van der Waals surface area (Å²) >= 11 is 0. The molecule has 9 heterocycles. The molecule has 0 spiro atoms. The lowest BCUT2D eigenvalue weighted by molar-refractivity contribution is -0.121. The van der Waals surface area contributed by atoms with Gasteiger partial charge in [0, 0.05) is 126 Å². The highest BCUT2D eigenvalue weighted by atomic mass is 35.5. The molecule has 3 saturated heterocycles. The van der Waals surface area contributed by atoms with Crippen molar-refractivity contribution in [3.8, 4) is 11.8 Å². The van der Waals surface area contributed by atoms with E-state index in [0.717, 1.165) is 99.3 Å². The molecule has 0 aliphatic carbocycles. The number of nitrogen functional groups attached to an aromatic ring is 1. The number of H-pyrrole nitrogens is 2. The first-order valence-electron chi connectivity index (χ1n) is 40.7. The normalized spacial score (nSPS) is 15.9. The predicted molar refractivity (Wildman–Crippen MR) is 481 cm³/mol. The van der Waals surface area contributed by atoms with E-state index in [0.29, 0.717) is 184 Å². The molecule has 7 N–H and O–H groups in total. The van der Waals surface area contributed by atoms with E-state index in [1.54, 1.807) is 78.9 Å². The van der Waals surface area contributed by atoms with E-state index in [9.17, 15) is 56.9 Å². The van der Waals surface area contributed by atoms with Gasteiger partial charge in [-0.05, 0) is 200 Å². The summed E-state index contributed by atoms with van der Waals surface area (Å²) in [6.07, 6.45) is 2.30. The van der Waals surface area contributed by atoms with Gasteiger partial charge in [-0.1, -0.05) is 18.2 Å². The summed E-state index contributed by atoms with van der Waals surface area (Å²) in [6, 6.07) is 49.2. The SMILES string of the molecule is COC(=O)c1ccc2c(C(=Nc3ccc4c(c3)CCN4C(=O)CN3CCOCC3)c3ccc(F)cc3)c(O)[nH]c2c1.COC(=O)c1ccc2c(C(=Nc3ccc4c(c3)CCN4C(=O)CN3CCOCC3)c3ccc(F)cc3)c(O)[nH]c2c1.COC(=O)c1ccc2c(c1)NC(=O)/C2=C(\OC)c1ccc(F)cc1.Cl.Cl.Nc1ccc2c(c1)CCN2C(=O)CN1CCOCC1. The number of carbonyl (C=O) groups is 7. The lowest BCUT2D eigenvalue weighted by Gasteiger charge is -2.28. The summed E-state index contributed by atoms with van der Waals surface area (Å²) in [5.74, 6) is -2.64. The second-order valence-corrected chi connectivity index (χ2v) is 30.3. The number of halogens is 5. The van der Waals surface area contributed by atoms with Crippen molar-refractivity contribution in [1.82, 2.24) is 24.7 Å². The Labute approximate surface area is 741 Å². The minimum absolute atomic E-state index is 0. The number of aromatic nitrogens is 2. The fraction of sp³-hybridized carbons (Fsp3) is 0.266. The summed E-state index contributed by atoms with van der Waals surface area (Å²) in [7, 11) is 5.34. The van der Waals surface area contributed by atoms with Gasteiger partial charge in [0.1, 0.15) is 23.2 Å². The molecule has 0 saturated carbocycles. The van der Waals surface area contributed by atoms with E-state index in [1.807, 2.05) is 69.3 Å². The predicted octanol–water partition coefficient (Wildman–Crippen LogP) is 12.8. The fourth-order valence-corrected chi connectivity index (χ4v) is 16.2. The molecule has 28 nitrogen and oxygen atoms in total. The molecule has 660 valence electrons. The molecule has 3 fully saturated rings. The smallest absolute Gasteiger partial charge is 0.337 e. The zero-order chi connectivity index (χ0) is 87.5. The maximum Gasteiger partial charge on any atom is 0.337 e. The topological polar surface area (TPSA) is 338 Å². The van der Waals surface area contributed by atoms with Gasteiger partial charge in [-0.2, -0.15) is 0 Å². The number of aliphatic imine (C=N–C) groups is 2. The molecule has 18 rings (SSSR count). The van der Waals surface area contributed by atoms with Crippen LogP contribution in [0.4, 0.5) is 53.0 Å². The monoisotopic (exact) mass is 1770 g/mol. The van der Waals surface area contributed by atoms with Crippen LogP contribution in [0.25, 0.3) is 33.1 Å². The van der Waals surface area contributed by atoms with Crippen molar-refractivity contribution >= 4 is 151 Å². The van der Waals surface area contributed by atoms with Crippen molar-refractivity contribution in [3.05, 3.63) is 266 Å². The summed E-state index contributed by atoms with van der Waals surface area (Å²) in [6.45, 7) is 11.8. The third-order valence-electron chi connectivity index (χ3n) is 22.5. The Morgan fingerprint density at radius 2 is 0.764 bits per heavy atom. The lowest BCUT2D eigenvalue weighted by Crippen LogP contribution is -2.44. The number of nitrogens with two attached hydrogens (primary N) is 1. The number of carbonyl (C=O) groups excluding carboxylic acids is 7. The maximum absolute atomic E-state index is 13.8. The van der Waals surface area contributed by atoms with Crippen LogP contribution >= 0.6 is 24.8 Å². The van der Waals surface area contributed by atoms with Crippen molar-refractivity contribution < 1.29 is 90.1 Å². The molecule has 0 unspecified atom stereocenters. The molecular weight excluding hydrogens is 1680 g/mol. The quantitative estimate of drug-likeness (QED) is 0.0123. The molecule has 4 amide bonds. The third kappa shape index (κ3) is 20.8. The van der Waals surface area contributed by atoms with Crippen LogP contribution in [0, 0.1) is 17.5 Å². The van der Waals surface area contributed by atoms with E-state index >= 15 is 0 Å². The van der Waals surface area contributed by atoms with Gasteiger partial charge in [-0.15, -0.1) is 24.8 Å². The Morgan fingerprint density at radius 1 is 0.417 bits per heavy atom. The van der Waals surface area contributed by atoms with E-state index < -0.39 is 29.5 Å². The Morgan fingerprint density at radius 3 is 1.14 bits per heavy atom. The second-order valence-electron chi connectivity index (χ2n) is 30.3. The number of amides is 4. The zero-order valence-corrected chi connectivity index (χ0v) is 71.5. The minimum atomic E-state index is -0.495. The second kappa shape index (κ2) is 41.3. The zero-order valence-electron chi connectivity index (χ0n) is 69.9. The number of hydrogen-bond donors (Lipinski definition) is 6. The maximum atomic E-state index is 13.8. The molecule has 2 aromatic heterocycles. The van der Waals surface area contributed by atoms with Gasteiger partial charge in [0.15, 0.2) is 11.8 Å². The van der Waals surface area contributed by atoms with Crippen molar-refractivity contribution in [2.75, 3.05) is 172 Å². The molecule has 11 aromatic rings. The molecule has 0 bridgehead atoms. The highest BCUT2D eigenvalue weighted by Crippen LogP contribution is 2.41. The average molecular weight is 1770 g/mol. The fourth-order valence-electron chi connectivity index (χ4n) is 16.2. The number of morpholine rings is 3. The van der Waals surface area contributed by atoms with Crippen molar-refractivity contribution in [2.24, 2.45) is 9.98 Å². The first-order valence-corrected chi connectivity index (χ1v) is 40.7. The van der Waals surface area contributed by atoms with Crippen LogP contribution in [0.1, 0.15) is 81.1 Å². The number of aromatic hydroxyl groups is 2. The lowest BCUT2D eigenvalue weighted by atomic mass is 10.00. The number of hydrogen-bond acceptors (Lipinski definition) is 22. The number of rotatable bonds is 17. The average Bonchev–Trinajstić information content (AvgIpc) is 1.62. The number of methoxy groups -OCH3 is 4. The van der Waals surface area contributed by atoms with Crippen molar-refractivity contribution in [3.63, 3.8) is 0 Å². The van der Waals surface area contributed by atoms with Gasteiger partial charge in [0.2, 0.25) is 17.7 Å². The van der Waals surface area contributed by atoms with Crippen LogP contribution in [-0.2, 0) is 71.6 Å². The van der Waals surface area contributed by atoms with Gasteiger partial charge in [-0.25, -0.2) is 37.5 Å². The largest absolute Gasteiger partial charge is 0.495 e. The number of nitrogens with zero attached hydrogens (tertiary/aromatic N) is 8. The molecule has 7 aliphatic heterocycles. The molecule has 0 radical (unpaired) electrons. The minimum Gasteiger partial charge on any atom is -0.495 e. The van der Waals surface area contributed by atoms with Gasteiger partial charge < -0.3 is 79.1 Å².